The van der Waals surface area contributed by atoms with Gasteiger partial charge in [0.15, 0.2) is 0 Å². The lowest BCUT2D eigenvalue weighted by Gasteiger charge is -2.16. The smallest absolute Gasteiger partial charge is 0.259 e. The van der Waals surface area contributed by atoms with Crippen molar-refractivity contribution in [3.8, 4) is 0 Å². The van der Waals surface area contributed by atoms with Gasteiger partial charge in [-0.25, -0.2) is 0 Å². The Balaban J connectivity index is 1.99. The summed E-state index contributed by atoms with van der Waals surface area (Å²) in [5, 5.41) is 3.80. The highest BCUT2D eigenvalue weighted by atomic mass is 32.1. The SMILES string of the molecule is Nc1cccc2c1CCN2C(=O)c1ccsc1. The van der Waals surface area contributed by atoms with Crippen molar-refractivity contribution in [2.24, 2.45) is 0 Å². The van der Waals surface area contributed by atoms with E-state index in [0.717, 1.165) is 35.5 Å². The first-order valence-electron chi connectivity index (χ1n) is 5.49. The van der Waals surface area contributed by atoms with Crippen LogP contribution in [0.15, 0.2) is 35.0 Å². The van der Waals surface area contributed by atoms with Gasteiger partial charge in [-0.05, 0) is 30.0 Å². The minimum absolute atomic E-state index is 0.0654. The Morgan fingerprint density at radius 3 is 3.00 bits per heavy atom. The van der Waals surface area contributed by atoms with Gasteiger partial charge in [-0.1, -0.05) is 6.07 Å². The predicted molar refractivity (Wildman–Crippen MR) is 70.6 cm³/mol. The molecule has 3 rings (SSSR count). The Morgan fingerprint density at radius 1 is 1.35 bits per heavy atom. The van der Waals surface area contributed by atoms with E-state index in [9.17, 15) is 4.79 Å². The molecule has 1 aromatic carbocycles. The molecule has 17 heavy (non-hydrogen) atoms. The Morgan fingerprint density at radius 2 is 2.24 bits per heavy atom. The van der Waals surface area contributed by atoms with Crippen LogP contribution in [-0.2, 0) is 6.42 Å². The van der Waals surface area contributed by atoms with Crippen molar-refractivity contribution in [1.29, 1.82) is 0 Å². The monoisotopic (exact) mass is 244 g/mol. The normalized spacial score (nSPS) is 13.8. The topological polar surface area (TPSA) is 46.3 Å². The van der Waals surface area contributed by atoms with Crippen LogP contribution >= 0.6 is 11.3 Å². The maximum Gasteiger partial charge on any atom is 0.259 e. The molecule has 0 saturated heterocycles. The number of anilines is 2. The molecule has 0 atom stereocenters. The molecular weight excluding hydrogens is 232 g/mol. The number of carbonyl (C=O) groups excluding carboxylic acids is 1. The van der Waals surface area contributed by atoms with E-state index in [0.29, 0.717) is 0 Å². The second-order valence-corrected chi connectivity index (χ2v) is 4.84. The summed E-state index contributed by atoms with van der Waals surface area (Å²) in [7, 11) is 0. The first-order valence-corrected chi connectivity index (χ1v) is 6.43. The Bertz CT molecular complexity index is 563. The van der Waals surface area contributed by atoms with Crippen LogP contribution in [0.2, 0.25) is 0 Å². The van der Waals surface area contributed by atoms with Crippen LogP contribution in [0.3, 0.4) is 0 Å². The molecule has 2 N–H and O–H groups in total. The van der Waals surface area contributed by atoms with Crippen LogP contribution < -0.4 is 10.6 Å². The van der Waals surface area contributed by atoms with Crippen molar-refractivity contribution in [2.45, 2.75) is 6.42 Å². The highest BCUT2D eigenvalue weighted by molar-refractivity contribution is 7.08. The van der Waals surface area contributed by atoms with Crippen LogP contribution in [0.25, 0.3) is 0 Å². The zero-order chi connectivity index (χ0) is 11.8. The number of thiophene rings is 1. The van der Waals surface area contributed by atoms with Gasteiger partial charge in [0, 0.05) is 28.9 Å². The third-order valence-corrected chi connectivity index (χ3v) is 3.76. The van der Waals surface area contributed by atoms with Crippen LogP contribution in [0.1, 0.15) is 15.9 Å². The van der Waals surface area contributed by atoms with Crippen LogP contribution in [0.4, 0.5) is 11.4 Å². The molecule has 1 aromatic heterocycles. The average molecular weight is 244 g/mol. The van der Waals surface area contributed by atoms with E-state index in [4.69, 9.17) is 5.73 Å². The number of nitrogens with two attached hydrogens (primary N) is 1. The molecule has 0 unspecified atom stereocenters. The van der Waals surface area contributed by atoms with Gasteiger partial charge in [0.05, 0.1) is 5.56 Å². The second-order valence-electron chi connectivity index (χ2n) is 4.06. The highest BCUT2D eigenvalue weighted by Crippen LogP contribution is 2.33. The molecule has 0 aliphatic carbocycles. The average Bonchev–Trinajstić information content (AvgIpc) is 2.98. The molecule has 2 heterocycles. The van der Waals surface area contributed by atoms with Gasteiger partial charge in [0.1, 0.15) is 0 Å². The lowest BCUT2D eigenvalue weighted by Crippen LogP contribution is -2.28. The molecule has 3 nitrogen and oxygen atoms in total. The van der Waals surface area contributed by atoms with E-state index in [1.54, 1.807) is 0 Å². The number of hydrogen-bond donors (Lipinski definition) is 1. The number of carbonyl (C=O) groups is 1. The molecule has 1 aliphatic heterocycles. The van der Waals surface area contributed by atoms with Gasteiger partial charge in [0.25, 0.3) is 5.91 Å². The molecule has 0 bridgehead atoms. The minimum atomic E-state index is 0.0654. The van der Waals surface area contributed by atoms with Gasteiger partial charge >= 0.3 is 0 Å². The van der Waals surface area contributed by atoms with Crippen molar-refractivity contribution in [3.63, 3.8) is 0 Å². The first-order chi connectivity index (χ1) is 8.27. The number of benzene rings is 1. The first kappa shape index (κ1) is 10.4. The molecule has 1 amide bonds. The maximum absolute atomic E-state index is 12.3. The number of fused-ring (bicyclic) bond motifs is 1. The van der Waals surface area contributed by atoms with Crippen LogP contribution in [-0.4, -0.2) is 12.5 Å². The summed E-state index contributed by atoms with van der Waals surface area (Å²) in [6, 6.07) is 7.60. The van der Waals surface area contributed by atoms with E-state index in [1.165, 1.54) is 11.3 Å². The summed E-state index contributed by atoms with van der Waals surface area (Å²) in [6.07, 6.45) is 0.845. The number of nitrogens with zero attached hydrogens (tertiary/aromatic N) is 1. The molecule has 0 spiro atoms. The highest BCUT2D eigenvalue weighted by Gasteiger charge is 2.26. The van der Waals surface area contributed by atoms with Crippen molar-refractivity contribution >= 4 is 28.6 Å². The Kier molecular flexibility index (Phi) is 2.37. The second kappa shape index (κ2) is 3.89. The molecule has 0 saturated carbocycles. The third kappa shape index (κ3) is 1.61. The fraction of sp³-hybridized carbons (Fsp3) is 0.154. The van der Waals surface area contributed by atoms with E-state index in [1.807, 2.05) is 39.9 Å². The fourth-order valence-electron chi connectivity index (χ4n) is 2.21. The molecule has 0 fully saturated rings. The van der Waals surface area contributed by atoms with Gasteiger partial charge in [0.2, 0.25) is 0 Å². The van der Waals surface area contributed by atoms with Gasteiger partial charge in [-0.15, -0.1) is 0 Å². The largest absolute Gasteiger partial charge is 0.398 e. The maximum atomic E-state index is 12.3. The molecule has 86 valence electrons. The Hall–Kier alpha value is -1.81. The quantitative estimate of drug-likeness (QED) is 0.783. The van der Waals surface area contributed by atoms with Crippen molar-refractivity contribution in [3.05, 3.63) is 46.2 Å². The zero-order valence-electron chi connectivity index (χ0n) is 9.22. The van der Waals surface area contributed by atoms with Crippen molar-refractivity contribution in [2.75, 3.05) is 17.2 Å². The molecule has 1 aliphatic rings. The lowest BCUT2D eigenvalue weighted by atomic mass is 10.1. The fourth-order valence-corrected chi connectivity index (χ4v) is 2.84. The summed E-state index contributed by atoms with van der Waals surface area (Å²) >= 11 is 1.54. The predicted octanol–water partition coefficient (Wildman–Crippen LogP) is 2.53. The van der Waals surface area contributed by atoms with E-state index in [2.05, 4.69) is 0 Å². The molecule has 0 radical (unpaired) electrons. The molecule has 2 aromatic rings. The van der Waals surface area contributed by atoms with E-state index < -0.39 is 0 Å². The van der Waals surface area contributed by atoms with E-state index in [-0.39, 0.29) is 5.91 Å². The standard InChI is InChI=1S/C13H12N2OS/c14-11-2-1-3-12-10(11)4-6-15(12)13(16)9-5-7-17-8-9/h1-3,5,7-8H,4,6,14H2. The van der Waals surface area contributed by atoms with Gasteiger partial charge in [-0.2, -0.15) is 11.3 Å². The zero-order valence-corrected chi connectivity index (χ0v) is 10.0. The summed E-state index contributed by atoms with van der Waals surface area (Å²) in [6.45, 7) is 0.720. The number of hydrogen-bond acceptors (Lipinski definition) is 3. The third-order valence-electron chi connectivity index (χ3n) is 3.08. The summed E-state index contributed by atoms with van der Waals surface area (Å²) < 4.78 is 0. The van der Waals surface area contributed by atoms with Gasteiger partial charge < -0.3 is 10.6 Å². The van der Waals surface area contributed by atoms with E-state index >= 15 is 0 Å². The van der Waals surface area contributed by atoms with Crippen LogP contribution in [0.5, 0.6) is 0 Å². The summed E-state index contributed by atoms with van der Waals surface area (Å²) in [5.41, 5.74) is 9.51. The molecule has 4 heteroatoms. The van der Waals surface area contributed by atoms with Gasteiger partial charge in [-0.3, -0.25) is 4.79 Å². The number of rotatable bonds is 1. The molecular formula is C13H12N2OS. The van der Waals surface area contributed by atoms with Crippen LogP contribution in [0, 0.1) is 0 Å². The van der Waals surface area contributed by atoms with Crippen molar-refractivity contribution < 1.29 is 4.79 Å². The number of nitrogen functional groups attached to an aromatic ring is 1. The summed E-state index contributed by atoms with van der Waals surface area (Å²) in [5.74, 6) is 0.0654. The van der Waals surface area contributed by atoms with Crippen molar-refractivity contribution in [1.82, 2.24) is 0 Å². The Labute approximate surface area is 103 Å². The summed E-state index contributed by atoms with van der Waals surface area (Å²) in [4.78, 5) is 14.1. The minimum Gasteiger partial charge on any atom is -0.398 e. The number of amides is 1. The lowest BCUT2D eigenvalue weighted by molar-refractivity contribution is 0.0990.